The number of rotatable bonds is 10. The van der Waals surface area contributed by atoms with Crippen molar-refractivity contribution >= 4 is 64.9 Å². The summed E-state index contributed by atoms with van der Waals surface area (Å²) in [5, 5.41) is 3.05. The Labute approximate surface area is 245 Å². The molecule has 0 fully saturated rings. The van der Waals surface area contributed by atoms with E-state index in [1.807, 2.05) is 0 Å². The Morgan fingerprint density at radius 2 is 1.62 bits per heavy atom. The van der Waals surface area contributed by atoms with Gasteiger partial charge in [-0.05, 0) is 68.3 Å². The van der Waals surface area contributed by atoms with Crippen LogP contribution in [0.3, 0.4) is 0 Å². The Morgan fingerprint density at radius 3 is 2.19 bits per heavy atom. The molecule has 13 nitrogen and oxygen atoms in total. The second kappa shape index (κ2) is 11.7. The Hall–Kier alpha value is -3.93. The molecule has 1 aromatic heterocycles. The first kappa shape index (κ1) is 31.0. The van der Waals surface area contributed by atoms with E-state index in [2.05, 4.69) is 21.2 Å². The monoisotopic (exact) mass is 634 g/mol. The number of nitrogens with one attached hydrogen (secondary N) is 3. The number of Topliss-reactive ketones (excluding diaryl/α,β-unsaturated/α-hetero) is 1. The number of hydrogen-bond donors (Lipinski definition) is 5. The summed E-state index contributed by atoms with van der Waals surface area (Å²) < 4.78 is 71.6. The number of nitrogens with zero attached hydrogens (tertiary/aromatic N) is 1. The number of ketones is 1. The summed E-state index contributed by atoms with van der Waals surface area (Å²) >= 11 is 1.12. The first-order valence-corrected chi connectivity index (χ1v) is 15.8. The molecule has 1 atom stereocenters. The maximum Gasteiger partial charge on any atom is 0.296 e. The van der Waals surface area contributed by atoms with Crippen LogP contribution in [0.1, 0.15) is 18.1 Å². The Balaban J connectivity index is 1.50. The van der Waals surface area contributed by atoms with Crippen LogP contribution in [-0.4, -0.2) is 55.8 Å². The third-order valence-corrected chi connectivity index (χ3v) is 9.47. The number of amides is 1. The van der Waals surface area contributed by atoms with Crippen LogP contribution in [0.25, 0.3) is 20.8 Å². The van der Waals surface area contributed by atoms with Gasteiger partial charge in [0.05, 0.1) is 23.0 Å². The van der Waals surface area contributed by atoms with E-state index in [9.17, 15) is 35.5 Å². The summed E-state index contributed by atoms with van der Waals surface area (Å²) in [6, 6.07) is 11.0. The molecular weight excluding hydrogens is 609 g/mol. The highest BCUT2D eigenvalue weighted by atomic mass is 32.2. The van der Waals surface area contributed by atoms with Gasteiger partial charge in [-0.15, -0.1) is 11.3 Å². The fraction of sp³-hybridized carbons (Fsp3) is 0.192. The molecule has 1 amide bonds. The number of aryl methyl sites for hydroxylation is 2. The number of ether oxygens (including phenoxy) is 1. The minimum Gasteiger partial charge on any atom is -0.495 e. The lowest BCUT2D eigenvalue weighted by Crippen LogP contribution is -2.48. The quantitative estimate of drug-likeness (QED) is 0.0966. The number of anilines is 2. The van der Waals surface area contributed by atoms with E-state index >= 15 is 0 Å². The van der Waals surface area contributed by atoms with Crippen molar-refractivity contribution in [1.29, 1.82) is 0 Å². The third kappa shape index (κ3) is 6.59. The molecule has 0 saturated heterocycles. The zero-order valence-electron chi connectivity index (χ0n) is 22.6. The largest absolute Gasteiger partial charge is 0.495 e. The molecule has 0 spiro atoms. The van der Waals surface area contributed by atoms with Crippen molar-refractivity contribution in [2.45, 2.75) is 36.6 Å². The predicted molar refractivity (Wildman–Crippen MR) is 157 cm³/mol. The minimum absolute atomic E-state index is 0.0406. The summed E-state index contributed by atoms with van der Waals surface area (Å²) in [7, 11) is -7.72. The Kier molecular flexibility index (Phi) is 8.68. The number of carbonyl (C=O) groups excluding carboxylic acids is 2. The van der Waals surface area contributed by atoms with Crippen LogP contribution in [0.5, 0.6) is 5.75 Å². The van der Waals surface area contributed by atoms with Crippen molar-refractivity contribution in [2.75, 3.05) is 17.9 Å². The zero-order chi connectivity index (χ0) is 31.0. The molecule has 0 aliphatic rings. The third-order valence-electron chi connectivity index (χ3n) is 6.16. The molecule has 4 aromatic rings. The normalized spacial score (nSPS) is 12.6. The van der Waals surface area contributed by atoms with Gasteiger partial charge in [0.15, 0.2) is 11.8 Å². The molecule has 1 unspecified atom stereocenters. The van der Waals surface area contributed by atoms with E-state index in [0.717, 1.165) is 17.4 Å². The standard InChI is InChI=1S/C26H26N4O9S3/c1-13-5-10-18-23(24(13)42(36,37)38)40-26(28-18)16-6-8-17(9-7-16)29-30-22(15(3)31)25(32)27-19-11-14(2)21(41(33,34)35)12-20(19)39-4/h5-12,22,29-30H,1-4H3,(H,27,32)(H,33,34,35)(H,36,37,38). The van der Waals surface area contributed by atoms with Crippen molar-refractivity contribution in [3.8, 4) is 16.3 Å². The second-order valence-electron chi connectivity index (χ2n) is 9.23. The molecule has 5 N–H and O–H groups in total. The van der Waals surface area contributed by atoms with Crippen molar-refractivity contribution < 1.29 is 40.3 Å². The first-order valence-electron chi connectivity index (χ1n) is 12.1. The molecule has 16 heteroatoms. The summed E-state index contributed by atoms with van der Waals surface area (Å²) in [6.07, 6.45) is 0. The lowest BCUT2D eigenvalue weighted by atomic mass is 10.1. The lowest BCUT2D eigenvalue weighted by molar-refractivity contribution is -0.127. The maximum absolute atomic E-state index is 13.0. The van der Waals surface area contributed by atoms with E-state index in [0.29, 0.717) is 32.0 Å². The average Bonchev–Trinajstić information content (AvgIpc) is 3.31. The number of fused-ring (bicyclic) bond motifs is 1. The van der Waals surface area contributed by atoms with E-state index < -0.39 is 38.0 Å². The number of hydrazine groups is 1. The van der Waals surface area contributed by atoms with E-state index in [1.54, 1.807) is 43.3 Å². The summed E-state index contributed by atoms with van der Waals surface area (Å²) in [6.45, 7) is 4.22. The van der Waals surface area contributed by atoms with Crippen LogP contribution in [0.2, 0.25) is 0 Å². The van der Waals surface area contributed by atoms with E-state index in [-0.39, 0.29) is 26.8 Å². The number of benzene rings is 3. The van der Waals surface area contributed by atoms with Crippen molar-refractivity contribution in [3.63, 3.8) is 0 Å². The molecule has 1 heterocycles. The SMILES string of the molecule is COc1cc(S(=O)(=O)O)c(C)cc1NC(=O)C(NNc1ccc(-c2nc3ccc(C)c(S(=O)(=O)O)c3s2)cc1)C(C)=O. The van der Waals surface area contributed by atoms with Gasteiger partial charge in [-0.3, -0.25) is 18.7 Å². The van der Waals surface area contributed by atoms with Gasteiger partial charge in [-0.25, -0.2) is 10.4 Å². The van der Waals surface area contributed by atoms with E-state index in [4.69, 9.17) is 4.74 Å². The molecule has 4 rings (SSSR count). The smallest absolute Gasteiger partial charge is 0.296 e. The van der Waals surface area contributed by atoms with Gasteiger partial charge in [0, 0.05) is 17.3 Å². The highest BCUT2D eigenvalue weighted by Crippen LogP contribution is 2.36. The first-order chi connectivity index (χ1) is 19.6. The highest BCUT2D eigenvalue weighted by molar-refractivity contribution is 7.86. The molecule has 42 heavy (non-hydrogen) atoms. The predicted octanol–water partition coefficient (Wildman–Crippen LogP) is 3.59. The number of methoxy groups -OCH3 is 1. The van der Waals surface area contributed by atoms with Crippen LogP contribution in [0.4, 0.5) is 11.4 Å². The topological polar surface area (TPSA) is 201 Å². The molecule has 3 aromatic carbocycles. The number of hydrogen-bond acceptors (Lipinski definition) is 11. The summed E-state index contributed by atoms with van der Waals surface area (Å²) in [5.41, 5.74) is 7.67. The molecule has 0 bridgehead atoms. The molecule has 0 radical (unpaired) electrons. The van der Waals surface area contributed by atoms with Gasteiger partial charge in [0.25, 0.3) is 26.1 Å². The number of aromatic nitrogens is 1. The van der Waals surface area contributed by atoms with Crippen LogP contribution in [-0.2, 0) is 29.8 Å². The Morgan fingerprint density at radius 1 is 0.952 bits per heavy atom. The fourth-order valence-corrected chi connectivity index (χ4v) is 7.17. The molecular formula is C26H26N4O9S3. The van der Waals surface area contributed by atoms with Crippen molar-refractivity contribution in [1.82, 2.24) is 10.4 Å². The van der Waals surface area contributed by atoms with Crippen LogP contribution < -0.4 is 20.9 Å². The minimum atomic E-state index is -4.52. The number of carbonyl (C=O) groups is 2. The van der Waals surface area contributed by atoms with Crippen molar-refractivity contribution in [3.05, 3.63) is 59.7 Å². The molecule has 222 valence electrons. The highest BCUT2D eigenvalue weighted by Gasteiger charge is 2.26. The molecule has 0 aliphatic carbocycles. The average molecular weight is 635 g/mol. The van der Waals surface area contributed by atoms with Crippen LogP contribution in [0, 0.1) is 13.8 Å². The molecule has 0 saturated carbocycles. The van der Waals surface area contributed by atoms with Crippen molar-refractivity contribution in [2.24, 2.45) is 0 Å². The van der Waals surface area contributed by atoms with Crippen LogP contribution in [0.15, 0.2) is 58.3 Å². The zero-order valence-corrected chi connectivity index (χ0v) is 25.1. The number of thiazole rings is 1. The van der Waals surface area contributed by atoms with E-state index in [1.165, 1.54) is 27.0 Å². The summed E-state index contributed by atoms with van der Waals surface area (Å²) in [4.78, 5) is 29.1. The lowest BCUT2D eigenvalue weighted by Gasteiger charge is -2.19. The maximum atomic E-state index is 13.0. The van der Waals surface area contributed by atoms with Gasteiger partial charge in [0.2, 0.25) is 0 Å². The van der Waals surface area contributed by atoms with Gasteiger partial charge < -0.3 is 15.5 Å². The summed E-state index contributed by atoms with van der Waals surface area (Å²) in [5.74, 6) is -1.33. The van der Waals surface area contributed by atoms with Gasteiger partial charge in [-0.2, -0.15) is 16.8 Å². The van der Waals surface area contributed by atoms with Gasteiger partial charge >= 0.3 is 0 Å². The fourth-order valence-electron chi connectivity index (χ4n) is 4.13. The Bertz CT molecular complexity index is 1920. The molecule has 0 aliphatic heterocycles. The second-order valence-corrected chi connectivity index (χ2v) is 13.0. The van der Waals surface area contributed by atoms with Gasteiger partial charge in [-0.1, -0.05) is 6.07 Å². The van der Waals surface area contributed by atoms with Gasteiger partial charge in [0.1, 0.15) is 20.5 Å². The van der Waals surface area contributed by atoms with Crippen LogP contribution >= 0.6 is 11.3 Å².